The van der Waals surface area contributed by atoms with E-state index < -0.39 is 53.9 Å². The molecule has 1 aliphatic rings. The quantitative estimate of drug-likeness (QED) is 0.335. The van der Waals surface area contributed by atoms with Gasteiger partial charge in [-0.3, -0.25) is 24.4 Å². The molecule has 0 unspecified atom stereocenters. The van der Waals surface area contributed by atoms with Crippen LogP contribution < -0.4 is 22.0 Å². The number of nitrogens with zero attached hydrogens (tertiary/aromatic N) is 3. The van der Waals surface area contributed by atoms with Gasteiger partial charge in [-0.05, 0) is 38.0 Å². The highest BCUT2D eigenvalue weighted by molar-refractivity contribution is 5.94. The maximum absolute atomic E-state index is 13.4. The molecule has 12 nitrogen and oxygen atoms in total. The van der Waals surface area contributed by atoms with Crippen molar-refractivity contribution in [2.75, 3.05) is 18.6 Å². The maximum Gasteiger partial charge on any atom is 0.352 e. The molecule has 1 saturated heterocycles. The molecule has 0 saturated carbocycles. The van der Waals surface area contributed by atoms with Gasteiger partial charge in [0.2, 0.25) is 5.91 Å². The van der Waals surface area contributed by atoms with Crippen molar-refractivity contribution < 1.29 is 28.9 Å². The summed E-state index contributed by atoms with van der Waals surface area (Å²) in [5.74, 6) is -1.82. The van der Waals surface area contributed by atoms with Crippen LogP contribution in [0.1, 0.15) is 53.4 Å². The van der Waals surface area contributed by atoms with E-state index in [0.29, 0.717) is 17.5 Å². The lowest BCUT2D eigenvalue weighted by atomic mass is 10.1. The van der Waals surface area contributed by atoms with E-state index in [9.17, 15) is 33.8 Å². The number of hydrogen-bond donors (Lipinski definition) is 4. The van der Waals surface area contributed by atoms with Gasteiger partial charge in [0.25, 0.3) is 11.5 Å². The second kappa shape index (κ2) is 11.7. The van der Waals surface area contributed by atoms with Crippen LogP contribution in [-0.2, 0) is 9.53 Å². The fourth-order valence-electron chi connectivity index (χ4n) is 3.70. The molecule has 4 N–H and O–H groups in total. The summed E-state index contributed by atoms with van der Waals surface area (Å²) in [4.78, 5) is 49.7. The fourth-order valence-corrected chi connectivity index (χ4v) is 3.70. The Labute approximate surface area is 204 Å². The molecule has 192 valence electrons. The number of aliphatic hydroxyl groups excluding tert-OH is 2. The normalized spacial score (nSPS) is 19.0. The van der Waals surface area contributed by atoms with Crippen molar-refractivity contribution in [3.63, 3.8) is 0 Å². The van der Waals surface area contributed by atoms with Crippen LogP contribution >= 0.6 is 0 Å². The molecule has 0 bridgehead atoms. The summed E-state index contributed by atoms with van der Waals surface area (Å²) < 4.78 is 20.5. The molecule has 3 rings (SSSR count). The fraction of sp³-hybridized carbons (Fsp3) is 0.435. The van der Waals surface area contributed by atoms with Crippen molar-refractivity contribution in [2.24, 2.45) is 0 Å². The Balaban J connectivity index is 1.54. The third-order valence-electron chi connectivity index (χ3n) is 5.68. The smallest absolute Gasteiger partial charge is 0.352 e. The molecular formula is C23H26FN5O7. The Morgan fingerprint density at radius 3 is 2.72 bits per heavy atom. The van der Waals surface area contributed by atoms with E-state index in [1.165, 1.54) is 19.2 Å². The van der Waals surface area contributed by atoms with Crippen LogP contribution in [-0.4, -0.2) is 56.6 Å². The predicted molar refractivity (Wildman–Crippen MR) is 123 cm³/mol. The van der Waals surface area contributed by atoms with Gasteiger partial charge < -0.3 is 20.3 Å². The second-order valence-electron chi connectivity index (χ2n) is 8.31. The monoisotopic (exact) mass is 503 g/mol. The van der Waals surface area contributed by atoms with Crippen LogP contribution in [0, 0.1) is 24.1 Å². The number of halogens is 1. The van der Waals surface area contributed by atoms with Gasteiger partial charge in [-0.25, -0.2) is 9.18 Å². The highest BCUT2D eigenvalue weighted by atomic mass is 19.1. The van der Waals surface area contributed by atoms with E-state index in [1.54, 1.807) is 6.07 Å². The van der Waals surface area contributed by atoms with Gasteiger partial charge in [0, 0.05) is 36.7 Å². The Morgan fingerprint density at radius 1 is 1.31 bits per heavy atom. The molecule has 1 aromatic heterocycles. The highest BCUT2D eigenvalue weighted by Gasteiger charge is 2.35. The number of unbranched alkanes of at least 4 members (excludes halogenated alkanes) is 1. The van der Waals surface area contributed by atoms with Crippen molar-refractivity contribution in [3.05, 3.63) is 67.7 Å². The number of hydrogen-bond acceptors (Lipinski definition) is 8. The van der Waals surface area contributed by atoms with Crippen LogP contribution in [0.15, 0.2) is 34.0 Å². The number of carbonyl (C=O) groups excluding carboxylic acids is 2. The van der Waals surface area contributed by atoms with Gasteiger partial charge in [0.05, 0.1) is 18.3 Å². The summed E-state index contributed by atoms with van der Waals surface area (Å²) in [5, 5.41) is 30.6. The van der Waals surface area contributed by atoms with Crippen LogP contribution in [0.5, 0.6) is 0 Å². The van der Waals surface area contributed by atoms with Crippen molar-refractivity contribution in [2.45, 2.75) is 51.0 Å². The SMILES string of the molecule is Cc1cn([C@H]2C[C@H](O)[C@@H](CO)O2)c(=O)n(NC(=O)CCCCNC(=O)c2ccc([19F])c(C#N)c2)c1=O. The lowest BCUT2D eigenvalue weighted by Gasteiger charge is -2.17. The van der Waals surface area contributed by atoms with Gasteiger partial charge in [-0.15, -0.1) is 0 Å². The molecule has 2 heterocycles. The summed E-state index contributed by atoms with van der Waals surface area (Å²) >= 11 is 0. The van der Waals surface area contributed by atoms with Gasteiger partial charge in [-0.2, -0.15) is 9.94 Å². The van der Waals surface area contributed by atoms with Crippen molar-refractivity contribution in [1.82, 2.24) is 14.6 Å². The number of nitriles is 1. The first-order chi connectivity index (χ1) is 17.2. The molecule has 1 aromatic carbocycles. The minimum atomic E-state index is -0.987. The van der Waals surface area contributed by atoms with E-state index in [0.717, 1.165) is 16.7 Å². The Kier molecular flexibility index (Phi) is 8.70. The van der Waals surface area contributed by atoms with Crippen LogP contribution in [0.2, 0.25) is 0 Å². The highest BCUT2D eigenvalue weighted by Crippen LogP contribution is 2.27. The molecular weight excluding hydrogens is 477 g/mol. The van der Waals surface area contributed by atoms with Crippen molar-refractivity contribution >= 4 is 11.8 Å². The first-order valence-electron chi connectivity index (χ1n) is 11.2. The van der Waals surface area contributed by atoms with Crippen LogP contribution in [0.4, 0.5) is 4.39 Å². The summed E-state index contributed by atoms with van der Waals surface area (Å²) in [5.41, 5.74) is 0.737. The zero-order chi connectivity index (χ0) is 26.4. The number of carbonyl (C=O) groups is 2. The Bertz CT molecular complexity index is 1300. The number of benzene rings is 1. The number of aromatic nitrogens is 2. The Hall–Kier alpha value is -3.86. The van der Waals surface area contributed by atoms with E-state index in [4.69, 9.17) is 10.00 Å². The molecule has 0 radical (unpaired) electrons. The largest absolute Gasteiger partial charge is 0.394 e. The molecule has 36 heavy (non-hydrogen) atoms. The number of ether oxygens (including phenoxy) is 1. The zero-order valence-corrected chi connectivity index (χ0v) is 19.4. The summed E-state index contributed by atoms with van der Waals surface area (Å²) in [7, 11) is 0. The van der Waals surface area contributed by atoms with E-state index in [-0.39, 0.29) is 36.1 Å². The van der Waals surface area contributed by atoms with Crippen molar-refractivity contribution in [1.29, 1.82) is 5.26 Å². The summed E-state index contributed by atoms with van der Waals surface area (Å²) in [6.45, 7) is 1.22. The average molecular weight is 503 g/mol. The minimum Gasteiger partial charge on any atom is -0.394 e. The molecule has 3 atom stereocenters. The number of rotatable bonds is 9. The molecule has 1 aliphatic heterocycles. The van der Waals surface area contributed by atoms with Crippen LogP contribution in [0.3, 0.4) is 0 Å². The first kappa shape index (κ1) is 26.7. The number of aryl methyl sites for hydroxylation is 1. The van der Waals surface area contributed by atoms with E-state index >= 15 is 0 Å². The lowest BCUT2D eigenvalue weighted by molar-refractivity contribution is -0.117. The molecule has 0 aliphatic carbocycles. The molecule has 0 spiro atoms. The molecule has 2 aromatic rings. The van der Waals surface area contributed by atoms with Gasteiger partial charge in [0.15, 0.2) is 0 Å². The summed E-state index contributed by atoms with van der Waals surface area (Å²) in [6, 6.07) is 5.09. The minimum absolute atomic E-state index is 0.0260. The molecule has 13 heteroatoms. The predicted octanol–water partition coefficient (Wildman–Crippen LogP) is -0.360. The van der Waals surface area contributed by atoms with E-state index in [1.807, 2.05) is 0 Å². The third kappa shape index (κ3) is 6.03. The summed E-state index contributed by atoms with van der Waals surface area (Å²) in [6.07, 6.45) is -0.796. The first-order valence-corrected chi connectivity index (χ1v) is 11.2. The number of amides is 2. The average Bonchev–Trinajstić information content (AvgIpc) is 3.24. The van der Waals surface area contributed by atoms with Gasteiger partial charge in [-0.1, -0.05) is 0 Å². The van der Waals surface area contributed by atoms with E-state index in [2.05, 4.69) is 10.7 Å². The number of aliphatic hydroxyl groups is 2. The maximum atomic E-state index is 13.4. The zero-order valence-electron chi connectivity index (χ0n) is 19.4. The lowest BCUT2D eigenvalue weighted by Crippen LogP contribution is -2.48. The molecule has 1 fully saturated rings. The standard InChI is InChI=1S/C23H26FN5O7/c1-13-11-28(20-9-17(31)18(12-30)36-20)23(35)29(22(13)34)27-19(32)4-2-3-7-26-21(33)14-5-6-16(24)15(8-14)10-25/h5-6,8,11,17-18,20,30-31H,2-4,7,9,12H2,1H3,(H,26,33)(H,27,32)/t17-,18+,20+/m0/s1/i24+0. The topological polar surface area (TPSA) is 176 Å². The van der Waals surface area contributed by atoms with Gasteiger partial charge in [0.1, 0.15) is 24.2 Å². The van der Waals surface area contributed by atoms with Gasteiger partial charge >= 0.3 is 5.69 Å². The molecule has 2 amide bonds. The Morgan fingerprint density at radius 2 is 2.06 bits per heavy atom. The third-order valence-corrected chi connectivity index (χ3v) is 5.68. The van der Waals surface area contributed by atoms with Crippen molar-refractivity contribution in [3.8, 4) is 6.07 Å². The second-order valence-corrected chi connectivity index (χ2v) is 8.31. The van der Waals surface area contributed by atoms with Crippen LogP contribution in [0.25, 0.3) is 0 Å². The number of nitrogens with one attached hydrogen (secondary N) is 2.